The van der Waals surface area contributed by atoms with Crippen molar-refractivity contribution in [1.82, 2.24) is 4.98 Å². The first-order valence-corrected chi connectivity index (χ1v) is 15.6. The molecule has 2 heterocycles. The van der Waals surface area contributed by atoms with E-state index in [1.807, 2.05) is 26.0 Å². The standard InChI is InChI=1S/C33H37ClN2O8S/c1-7-42-29(38)14-12-22-17-35-28(45-22)16-27-32(39)36(18-33(3,4)19-43-20(2)37)25-13-11-21(34)15-24(25)30(44-27)23-9-8-10-26(40-5)31(23)41-6/h8-15,17,27,30H,7,16,18-19H2,1-6H3/b14-12+/t27-,30-/m1/s1. The Morgan fingerprint density at radius 3 is 2.60 bits per heavy atom. The van der Waals surface area contributed by atoms with Gasteiger partial charge in [0.2, 0.25) is 0 Å². The number of nitrogens with zero attached hydrogens (tertiary/aromatic N) is 2. The Labute approximate surface area is 271 Å². The molecular weight excluding hydrogens is 620 g/mol. The lowest BCUT2D eigenvalue weighted by Crippen LogP contribution is -2.46. The van der Waals surface area contributed by atoms with E-state index in [1.54, 1.807) is 62.6 Å². The average molecular weight is 657 g/mol. The highest BCUT2D eigenvalue weighted by Crippen LogP contribution is 2.45. The Morgan fingerprint density at radius 2 is 1.91 bits per heavy atom. The molecule has 0 spiro atoms. The maximum Gasteiger partial charge on any atom is 0.330 e. The molecule has 4 rings (SSSR count). The number of aromatic nitrogens is 1. The normalized spacial score (nSPS) is 16.7. The topological polar surface area (TPSA) is 113 Å². The van der Waals surface area contributed by atoms with E-state index in [-0.39, 0.29) is 32.1 Å². The molecule has 10 nitrogen and oxygen atoms in total. The van der Waals surface area contributed by atoms with E-state index in [4.69, 9.17) is 35.3 Å². The lowest BCUT2D eigenvalue weighted by atomic mass is 9.92. The number of carbonyl (C=O) groups excluding carboxylic acids is 3. The van der Waals surface area contributed by atoms with Gasteiger partial charge in [-0.25, -0.2) is 9.78 Å². The zero-order chi connectivity index (χ0) is 32.7. The predicted molar refractivity (Wildman–Crippen MR) is 172 cm³/mol. The average Bonchev–Trinajstić information content (AvgIpc) is 3.43. The fourth-order valence-electron chi connectivity index (χ4n) is 4.99. The van der Waals surface area contributed by atoms with Crippen molar-refractivity contribution in [2.75, 3.05) is 38.9 Å². The third-order valence-corrected chi connectivity index (χ3v) is 8.19. The number of amides is 1. The molecule has 0 N–H and O–H groups in total. The highest BCUT2D eigenvalue weighted by molar-refractivity contribution is 7.12. The second-order valence-corrected chi connectivity index (χ2v) is 12.7. The molecule has 240 valence electrons. The Bertz CT molecular complexity index is 1570. The molecule has 1 aromatic heterocycles. The highest BCUT2D eigenvalue weighted by atomic mass is 35.5. The van der Waals surface area contributed by atoms with Crippen molar-refractivity contribution in [3.05, 3.63) is 74.7 Å². The quantitative estimate of drug-likeness (QED) is 0.170. The summed E-state index contributed by atoms with van der Waals surface area (Å²) >= 11 is 7.88. The van der Waals surface area contributed by atoms with E-state index >= 15 is 0 Å². The van der Waals surface area contributed by atoms with Crippen LogP contribution in [-0.4, -0.2) is 62.9 Å². The second kappa shape index (κ2) is 14.9. The number of methoxy groups -OCH3 is 2. The van der Waals surface area contributed by atoms with Gasteiger partial charge in [0.1, 0.15) is 12.2 Å². The lowest BCUT2D eigenvalue weighted by Gasteiger charge is -2.33. The van der Waals surface area contributed by atoms with E-state index < -0.39 is 29.6 Å². The van der Waals surface area contributed by atoms with Crippen LogP contribution in [0.25, 0.3) is 6.08 Å². The first kappa shape index (κ1) is 34.0. The van der Waals surface area contributed by atoms with E-state index in [1.165, 1.54) is 24.3 Å². The number of ether oxygens (including phenoxy) is 5. The largest absolute Gasteiger partial charge is 0.493 e. The van der Waals surface area contributed by atoms with Crippen molar-refractivity contribution in [2.24, 2.45) is 5.41 Å². The van der Waals surface area contributed by atoms with Crippen LogP contribution in [-0.2, 0) is 35.0 Å². The smallest absolute Gasteiger partial charge is 0.330 e. The number of thiazole rings is 1. The molecule has 45 heavy (non-hydrogen) atoms. The lowest BCUT2D eigenvalue weighted by molar-refractivity contribution is -0.144. The van der Waals surface area contributed by atoms with Crippen LogP contribution in [0, 0.1) is 5.41 Å². The van der Waals surface area contributed by atoms with Crippen LogP contribution in [0.1, 0.15) is 54.8 Å². The minimum absolute atomic E-state index is 0.107. The third kappa shape index (κ3) is 8.42. The van der Waals surface area contributed by atoms with Gasteiger partial charge in [-0.1, -0.05) is 37.6 Å². The number of hydrogen-bond donors (Lipinski definition) is 0. The third-order valence-electron chi connectivity index (χ3n) is 6.97. The number of fused-ring (bicyclic) bond motifs is 1. The zero-order valence-electron chi connectivity index (χ0n) is 26.1. The molecular formula is C33H37ClN2O8S. The van der Waals surface area contributed by atoms with Gasteiger partial charge >= 0.3 is 11.9 Å². The van der Waals surface area contributed by atoms with Gasteiger partial charge in [0, 0.05) is 64.3 Å². The van der Waals surface area contributed by atoms with E-state index in [0.29, 0.717) is 38.3 Å². The van der Waals surface area contributed by atoms with Gasteiger partial charge in [-0.2, -0.15) is 0 Å². The number of carbonyl (C=O) groups is 3. The number of para-hydroxylation sites is 1. The van der Waals surface area contributed by atoms with Gasteiger partial charge < -0.3 is 28.6 Å². The summed E-state index contributed by atoms with van der Waals surface area (Å²) in [6.07, 6.45) is 3.00. The molecule has 0 saturated carbocycles. The molecule has 0 saturated heterocycles. The van der Waals surface area contributed by atoms with Crippen molar-refractivity contribution >= 4 is 52.5 Å². The van der Waals surface area contributed by atoms with Crippen molar-refractivity contribution in [3.63, 3.8) is 0 Å². The molecule has 1 aliphatic heterocycles. The Hall–Kier alpha value is -3.93. The van der Waals surface area contributed by atoms with Crippen molar-refractivity contribution in [2.45, 2.75) is 46.3 Å². The van der Waals surface area contributed by atoms with Crippen LogP contribution < -0.4 is 14.4 Å². The number of anilines is 1. The van der Waals surface area contributed by atoms with E-state index in [2.05, 4.69) is 4.98 Å². The zero-order valence-corrected chi connectivity index (χ0v) is 27.7. The molecule has 12 heteroatoms. The van der Waals surface area contributed by atoms with Gasteiger partial charge in [-0.05, 0) is 37.3 Å². The first-order valence-electron chi connectivity index (χ1n) is 14.4. The fraction of sp³-hybridized carbons (Fsp3) is 0.394. The maximum absolute atomic E-state index is 14.5. The van der Waals surface area contributed by atoms with Crippen LogP contribution in [0.4, 0.5) is 5.69 Å². The molecule has 2 atom stereocenters. The summed E-state index contributed by atoms with van der Waals surface area (Å²) in [6.45, 7) is 7.54. The second-order valence-electron chi connectivity index (χ2n) is 11.1. The van der Waals surface area contributed by atoms with Crippen LogP contribution >= 0.6 is 22.9 Å². The highest BCUT2D eigenvalue weighted by Gasteiger charge is 2.40. The monoisotopic (exact) mass is 656 g/mol. The summed E-state index contributed by atoms with van der Waals surface area (Å²) in [5, 5.41) is 1.10. The molecule has 0 bridgehead atoms. The first-order chi connectivity index (χ1) is 21.5. The SMILES string of the molecule is CCOC(=O)/C=C/c1cnc(C[C@H]2O[C@H](c3cccc(OC)c3OC)c3cc(Cl)ccc3N(CC(C)(C)COC(C)=O)C2=O)s1. The number of esters is 2. The summed E-state index contributed by atoms with van der Waals surface area (Å²) in [7, 11) is 3.10. The van der Waals surface area contributed by atoms with Crippen molar-refractivity contribution in [3.8, 4) is 11.5 Å². The number of hydrogen-bond acceptors (Lipinski definition) is 10. The molecule has 0 fully saturated rings. The van der Waals surface area contributed by atoms with Crippen LogP contribution in [0.3, 0.4) is 0 Å². The van der Waals surface area contributed by atoms with E-state index in [9.17, 15) is 14.4 Å². The molecule has 2 aromatic carbocycles. The summed E-state index contributed by atoms with van der Waals surface area (Å²) in [4.78, 5) is 44.8. The maximum atomic E-state index is 14.5. The fourth-order valence-corrected chi connectivity index (χ4v) is 6.03. The van der Waals surface area contributed by atoms with Gasteiger partial charge in [0.05, 0.1) is 32.4 Å². The minimum Gasteiger partial charge on any atom is -0.493 e. The Morgan fingerprint density at radius 1 is 1.13 bits per heavy atom. The van der Waals surface area contributed by atoms with Crippen molar-refractivity contribution < 1.29 is 38.1 Å². The van der Waals surface area contributed by atoms with Crippen LogP contribution in [0.2, 0.25) is 5.02 Å². The number of rotatable bonds is 12. The molecule has 0 unspecified atom stereocenters. The molecule has 1 amide bonds. The molecule has 0 aliphatic carbocycles. The van der Waals surface area contributed by atoms with Gasteiger partial charge in [-0.3, -0.25) is 9.59 Å². The van der Waals surface area contributed by atoms with Gasteiger partial charge in [-0.15, -0.1) is 11.3 Å². The van der Waals surface area contributed by atoms with E-state index in [0.717, 1.165) is 4.88 Å². The number of halogens is 1. The van der Waals surface area contributed by atoms with Gasteiger partial charge in [0.15, 0.2) is 11.5 Å². The molecule has 3 aromatic rings. The van der Waals surface area contributed by atoms with Crippen LogP contribution in [0.15, 0.2) is 48.7 Å². The summed E-state index contributed by atoms with van der Waals surface area (Å²) < 4.78 is 28.4. The summed E-state index contributed by atoms with van der Waals surface area (Å²) in [5.41, 5.74) is 1.30. The minimum atomic E-state index is -0.977. The predicted octanol–water partition coefficient (Wildman–Crippen LogP) is 6.04. The van der Waals surface area contributed by atoms with Crippen molar-refractivity contribution in [1.29, 1.82) is 0 Å². The molecule has 1 aliphatic rings. The summed E-state index contributed by atoms with van der Waals surface area (Å²) in [6, 6.07) is 10.8. The van der Waals surface area contributed by atoms with Gasteiger partial charge in [0.25, 0.3) is 5.91 Å². The molecule has 0 radical (unpaired) electrons. The number of benzene rings is 2. The Kier molecular flexibility index (Phi) is 11.2. The Balaban J connectivity index is 1.80. The van der Waals surface area contributed by atoms with Crippen LogP contribution in [0.5, 0.6) is 11.5 Å². The summed E-state index contributed by atoms with van der Waals surface area (Å²) in [5.74, 6) is -0.177.